The molecule has 4 rings (SSSR count). The van der Waals surface area contributed by atoms with E-state index in [0.29, 0.717) is 5.41 Å². The summed E-state index contributed by atoms with van der Waals surface area (Å²) >= 11 is 0. The van der Waals surface area contributed by atoms with E-state index < -0.39 is 0 Å². The van der Waals surface area contributed by atoms with Crippen LogP contribution in [0, 0.1) is 5.41 Å². The highest BCUT2D eigenvalue weighted by molar-refractivity contribution is 6.02. The van der Waals surface area contributed by atoms with Gasteiger partial charge in [0, 0.05) is 18.3 Å². The maximum absolute atomic E-state index is 5.68. The van der Waals surface area contributed by atoms with Gasteiger partial charge in [-0.05, 0) is 18.4 Å². The van der Waals surface area contributed by atoms with Crippen molar-refractivity contribution in [2.75, 3.05) is 0 Å². The maximum Gasteiger partial charge on any atom is 0.149 e. The van der Waals surface area contributed by atoms with E-state index in [9.17, 15) is 0 Å². The van der Waals surface area contributed by atoms with Gasteiger partial charge in [0.05, 0.1) is 5.71 Å². The SMILES string of the molecule is c1ccc(C2=NOC3(C2)CC32CC2)cc1. The van der Waals surface area contributed by atoms with Crippen molar-refractivity contribution in [1.29, 1.82) is 0 Å². The second-order valence-corrected chi connectivity index (χ2v) is 5.12. The first-order valence-corrected chi connectivity index (χ1v) is 5.64. The molecule has 1 heterocycles. The molecular formula is C13H13NO. The molecule has 3 aliphatic rings. The van der Waals surface area contributed by atoms with Crippen molar-refractivity contribution < 1.29 is 4.84 Å². The second kappa shape index (κ2) is 2.26. The van der Waals surface area contributed by atoms with Gasteiger partial charge in [0.25, 0.3) is 0 Å². The molecule has 0 amide bonds. The summed E-state index contributed by atoms with van der Waals surface area (Å²) in [5.41, 5.74) is 3.03. The molecule has 2 fully saturated rings. The van der Waals surface area contributed by atoms with Crippen molar-refractivity contribution in [3.05, 3.63) is 35.9 Å². The standard InChI is InChI=1S/C13H13NO/c1-2-4-10(5-3-1)11-8-13(15-14-11)9-12(13)6-7-12/h1-5H,6-9H2. The highest BCUT2D eigenvalue weighted by atomic mass is 16.7. The minimum Gasteiger partial charge on any atom is -0.388 e. The fourth-order valence-corrected chi connectivity index (χ4v) is 2.93. The van der Waals surface area contributed by atoms with Crippen LogP contribution in [0.25, 0.3) is 0 Å². The predicted octanol–water partition coefficient (Wildman–Crippen LogP) is 2.73. The van der Waals surface area contributed by atoms with Crippen LogP contribution < -0.4 is 0 Å². The Bertz CT molecular complexity index is 447. The molecule has 2 spiro atoms. The molecule has 15 heavy (non-hydrogen) atoms. The van der Waals surface area contributed by atoms with Gasteiger partial charge in [-0.15, -0.1) is 0 Å². The lowest BCUT2D eigenvalue weighted by molar-refractivity contribution is 0.0476. The Morgan fingerprint density at radius 2 is 1.93 bits per heavy atom. The minimum absolute atomic E-state index is 0.123. The van der Waals surface area contributed by atoms with Gasteiger partial charge in [-0.1, -0.05) is 35.5 Å². The summed E-state index contributed by atoms with van der Waals surface area (Å²) in [6, 6.07) is 10.4. The molecule has 1 atom stereocenters. The Kier molecular flexibility index (Phi) is 1.19. The summed E-state index contributed by atoms with van der Waals surface area (Å²) in [5, 5.41) is 4.27. The third-order valence-corrected chi connectivity index (χ3v) is 4.21. The lowest BCUT2D eigenvalue weighted by atomic mass is 10.0. The molecule has 0 N–H and O–H groups in total. The zero-order chi connectivity index (χ0) is 9.93. The summed E-state index contributed by atoms with van der Waals surface area (Å²) in [7, 11) is 0. The van der Waals surface area contributed by atoms with Gasteiger partial charge in [0.15, 0.2) is 0 Å². The van der Waals surface area contributed by atoms with E-state index in [1.807, 2.05) is 6.07 Å². The Morgan fingerprint density at radius 3 is 2.60 bits per heavy atom. The molecule has 1 aromatic rings. The highest BCUT2D eigenvalue weighted by Crippen LogP contribution is 2.77. The van der Waals surface area contributed by atoms with Gasteiger partial charge in [-0.2, -0.15) is 0 Å². The van der Waals surface area contributed by atoms with Gasteiger partial charge in [-0.3, -0.25) is 0 Å². The van der Waals surface area contributed by atoms with Gasteiger partial charge >= 0.3 is 0 Å². The van der Waals surface area contributed by atoms with E-state index >= 15 is 0 Å². The lowest BCUT2D eigenvalue weighted by Gasteiger charge is -2.04. The van der Waals surface area contributed by atoms with Crippen LogP contribution in [0.2, 0.25) is 0 Å². The van der Waals surface area contributed by atoms with E-state index in [-0.39, 0.29) is 5.60 Å². The molecule has 76 valence electrons. The molecule has 2 nitrogen and oxygen atoms in total. The topological polar surface area (TPSA) is 21.6 Å². The van der Waals surface area contributed by atoms with Crippen LogP contribution in [0.3, 0.4) is 0 Å². The van der Waals surface area contributed by atoms with E-state index in [1.54, 1.807) is 0 Å². The Labute approximate surface area is 88.9 Å². The summed E-state index contributed by atoms with van der Waals surface area (Å²) in [4.78, 5) is 5.68. The number of benzene rings is 1. The molecule has 0 saturated heterocycles. The third-order valence-electron chi connectivity index (χ3n) is 4.21. The molecular weight excluding hydrogens is 186 g/mol. The molecule has 0 bridgehead atoms. The number of nitrogens with zero attached hydrogens (tertiary/aromatic N) is 1. The first-order chi connectivity index (χ1) is 7.34. The molecule has 1 aromatic carbocycles. The van der Waals surface area contributed by atoms with Crippen LogP contribution in [-0.2, 0) is 4.84 Å². The molecule has 0 aromatic heterocycles. The zero-order valence-electron chi connectivity index (χ0n) is 8.57. The smallest absolute Gasteiger partial charge is 0.149 e. The van der Waals surface area contributed by atoms with Gasteiger partial charge in [0.2, 0.25) is 0 Å². The van der Waals surface area contributed by atoms with Crippen molar-refractivity contribution in [3.8, 4) is 0 Å². The van der Waals surface area contributed by atoms with Gasteiger partial charge in [0.1, 0.15) is 5.60 Å². The fourth-order valence-electron chi connectivity index (χ4n) is 2.93. The van der Waals surface area contributed by atoms with Gasteiger partial charge in [-0.25, -0.2) is 0 Å². The van der Waals surface area contributed by atoms with Crippen LogP contribution in [0.15, 0.2) is 35.5 Å². The number of oxime groups is 1. The van der Waals surface area contributed by atoms with Crippen LogP contribution in [-0.4, -0.2) is 11.3 Å². The fraction of sp³-hybridized carbons (Fsp3) is 0.462. The molecule has 2 aliphatic carbocycles. The molecule has 1 unspecified atom stereocenters. The largest absolute Gasteiger partial charge is 0.388 e. The Morgan fingerprint density at radius 1 is 1.13 bits per heavy atom. The van der Waals surface area contributed by atoms with Crippen molar-refractivity contribution in [1.82, 2.24) is 0 Å². The van der Waals surface area contributed by atoms with E-state index in [4.69, 9.17) is 4.84 Å². The average molecular weight is 199 g/mol. The summed E-state index contributed by atoms with van der Waals surface area (Å²) < 4.78 is 0. The maximum atomic E-state index is 5.68. The number of hydrogen-bond donors (Lipinski definition) is 0. The molecule has 1 aliphatic heterocycles. The highest BCUT2D eigenvalue weighted by Gasteiger charge is 2.78. The minimum atomic E-state index is 0.123. The molecule has 0 radical (unpaired) electrons. The molecule has 2 heteroatoms. The van der Waals surface area contributed by atoms with Crippen molar-refractivity contribution in [2.24, 2.45) is 10.6 Å². The van der Waals surface area contributed by atoms with E-state index in [2.05, 4.69) is 29.4 Å². The Balaban J connectivity index is 1.62. The van der Waals surface area contributed by atoms with E-state index in [1.165, 1.54) is 24.8 Å². The van der Waals surface area contributed by atoms with Gasteiger partial charge < -0.3 is 4.84 Å². The monoisotopic (exact) mass is 199 g/mol. The van der Waals surface area contributed by atoms with Crippen molar-refractivity contribution in [3.63, 3.8) is 0 Å². The van der Waals surface area contributed by atoms with Crippen molar-refractivity contribution in [2.45, 2.75) is 31.3 Å². The van der Waals surface area contributed by atoms with Crippen molar-refractivity contribution >= 4 is 5.71 Å². The quantitative estimate of drug-likeness (QED) is 0.681. The third kappa shape index (κ3) is 0.921. The van der Waals surface area contributed by atoms with Crippen LogP contribution in [0.4, 0.5) is 0 Å². The Hall–Kier alpha value is -1.31. The second-order valence-electron chi connectivity index (χ2n) is 5.12. The number of rotatable bonds is 1. The number of fused-ring (bicyclic) bond motifs is 1. The normalized spacial score (nSPS) is 34.0. The van der Waals surface area contributed by atoms with Crippen LogP contribution >= 0.6 is 0 Å². The molecule has 2 saturated carbocycles. The summed E-state index contributed by atoms with van der Waals surface area (Å²) in [5.74, 6) is 0. The number of hydrogen-bond acceptors (Lipinski definition) is 2. The van der Waals surface area contributed by atoms with Crippen LogP contribution in [0.1, 0.15) is 31.2 Å². The zero-order valence-corrected chi connectivity index (χ0v) is 8.57. The predicted molar refractivity (Wildman–Crippen MR) is 57.7 cm³/mol. The lowest BCUT2D eigenvalue weighted by Crippen LogP contribution is -2.12. The average Bonchev–Trinajstić information content (AvgIpc) is 3.12. The summed E-state index contributed by atoms with van der Waals surface area (Å²) in [6.07, 6.45) is 4.96. The first kappa shape index (κ1) is 7.91. The van der Waals surface area contributed by atoms with Crippen LogP contribution in [0.5, 0.6) is 0 Å². The van der Waals surface area contributed by atoms with E-state index in [0.717, 1.165) is 12.1 Å². The first-order valence-electron chi connectivity index (χ1n) is 5.64. The summed E-state index contributed by atoms with van der Waals surface area (Å²) in [6.45, 7) is 0.